The van der Waals surface area contributed by atoms with Gasteiger partial charge >= 0.3 is 0 Å². The van der Waals surface area contributed by atoms with Crippen molar-refractivity contribution in [3.05, 3.63) is 52.8 Å². The Morgan fingerprint density at radius 1 is 1.05 bits per heavy atom. The largest absolute Gasteiger partial charge is 0.378 e. The van der Waals surface area contributed by atoms with E-state index in [2.05, 4.69) is 83.4 Å². The highest BCUT2D eigenvalue weighted by Crippen LogP contribution is 2.38. The Morgan fingerprint density at radius 2 is 1.77 bits per heavy atom. The van der Waals surface area contributed by atoms with Gasteiger partial charge in [-0.05, 0) is 79.1 Å². The summed E-state index contributed by atoms with van der Waals surface area (Å²) in [4.78, 5) is 26.7. The summed E-state index contributed by atoms with van der Waals surface area (Å²) in [5.41, 5.74) is 8.31. The summed E-state index contributed by atoms with van der Waals surface area (Å²) in [6.07, 6.45) is 1.89. The molecular formula is C30H38N8O2. The SMILES string of the molecule is Cc1cc(-c2[nH]c3ccc(C4CCN(C(=O)Cn5nnc(N6CCOCC6)n5)CC4)cc3c2C(C)C)cc(C)n1. The molecule has 0 atom stereocenters. The van der Waals surface area contributed by atoms with E-state index in [1.165, 1.54) is 38.1 Å². The number of rotatable bonds is 6. The number of hydrogen-bond donors (Lipinski definition) is 1. The van der Waals surface area contributed by atoms with Crippen molar-refractivity contribution in [3.63, 3.8) is 0 Å². The van der Waals surface area contributed by atoms with Crippen LogP contribution < -0.4 is 4.90 Å². The molecule has 0 unspecified atom stereocenters. The maximum atomic E-state index is 13.0. The fourth-order valence-corrected chi connectivity index (χ4v) is 6.17. The van der Waals surface area contributed by atoms with Crippen molar-refractivity contribution in [3.8, 4) is 11.3 Å². The number of benzene rings is 1. The van der Waals surface area contributed by atoms with E-state index in [0.717, 1.165) is 50.4 Å². The number of aromatic nitrogens is 6. The number of anilines is 1. The summed E-state index contributed by atoms with van der Waals surface area (Å²) in [5, 5.41) is 14.0. The number of H-pyrrole nitrogens is 1. The number of piperidine rings is 1. The predicted molar refractivity (Wildman–Crippen MR) is 154 cm³/mol. The van der Waals surface area contributed by atoms with Gasteiger partial charge in [0.05, 0.1) is 18.9 Å². The van der Waals surface area contributed by atoms with Crippen LogP contribution in [0, 0.1) is 13.8 Å². The van der Waals surface area contributed by atoms with E-state index in [1.807, 2.05) is 9.80 Å². The molecule has 0 bridgehead atoms. The van der Waals surface area contributed by atoms with E-state index >= 15 is 0 Å². The molecule has 4 aromatic rings. The molecule has 2 fully saturated rings. The highest BCUT2D eigenvalue weighted by molar-refractivity contribution is 5.92. The highest BCUT2D eigenvalue weighted by Gasteiger charge is 2.26. The molecule has 10 nitrogen and oxygen atoms in total. The Hall–Kier alpha value is -3.79. The number of carbonyl (C=O) groups excluding carboxylic acids is 1. The Bertz CT molecular complexity index is 1490. The first-order valence-electron chi connectivity index (χ1n) is 14.3. The lowest BCUT2D eigenvalue weighted by Gasteiger charge is -2.32. The second kappa shape index (κ2) is 11.0. The van der Waals surface area contributed by atoms with Crippen LogP contribution in [0.2, 0.25) is 0 Å². The van der Waals surface area contributed by atoms with Crippen LogP contribution in [-0.4, -0.2) is 80.4 Å². The molecule has 210 valence electrons. The Kier molecular flexibility index (Phi) is 7.27. The fraction of sp³-hybridized carbons (Fsp3) is 0.500. The van der Waals surface area contributed by atoms with Crippen LogP contribution in [0.5, 0.6) is 0 Å². The highest BCUT2D eigenvalue weighted by atomic mass is 16.5. The lowest BCUT2D eigenvalue weighted by Crippen LogP contribution is -2.40. The van der Waals surface area contributed by atoms with Crippen LogP contribution in [0.4, 0.5) is 5.95 Å². The Morgan fingerprint density at radius 3 is 2.48 bits per heavy atom. The molecule has 6 rings (SSSR count). The average Bonchev–Trinajstić information content (AvgIpc) is 3.58. The zero-order valence-corrected chi connectivity index (χ0v) is 23.9. The summed E-state index contributed by atoms with van der Waals surface area (Å²) < 4.78 is 5.39. The molecule has 0 saturated carbocycles. The number of nitrogens with zero attached hydrogens (tertiary/aromatic N) is 7. The van der Waals surface area contributed by atoms with Crippen molar-refractivity contribution in [1.29, 1.82) is 0 Å². The number of ether oxygens (including phenoxy) is 1. The topological polar surface area (TPSA) is 105 Å². The summed E-state index contributed by atoms with van der Waals surface area (Å²) in [6, 6.07) is 11.2. The molecule has 10 heteroatoms. The van der Waals surface area contributed by atoms with E-state index in [1.54, 1.807) is 0 Å². The number of nitrogens with one attached hydrogen (secondary N) is 1. The number of tetrazole rings is 1. The molecule has 3 aromatic heterocycles. The lowest BCUT2D eigenvalue weighted by atomic mass is 9.87. The second-order valence-electron chi connectivity index (χ2n) is 11.4. The quantitative estimate of drug-likeness (QED) is 0.389. The van der Waals surface area contributed by atoms with Crippen molar-refractivity contribution in [2.24, 2.45) is 0 Å². The minimum Gasteiger partial charge on any atom is -0.378 e. The Balaban J connectivity index is 1.14. The van der Waals surface area contributed by atoms with Crippen LogP contribution in [0.25, 0.3) is 22.2 Å². The average molecular weight is 543 g/mol. The lowest BCUT2D eigenvalue weighted by molar-refractivity contribution is -0.133. The van der Waals surface area contributed by atoms with Gasteiger partial charge in [-0.15, -0.1) is 5.10 Å². The molecular weight excluding hydrogens is 504 g/mol. The van der Waals surface area contributed by atoms with E-state index < -0.39 is 0 Å². The zero-order chi connectivity index (χ0) is 27.8. The van der Waals surface area contributed by atoms with Gasteiger partial charge < -0.3 is 19.5 Å². The van der Waals surface area contributed by atoms with Gasteiger partial charge in [0.2, 0.25) is 5.91 Å². The van der Waals surface area contributed by atoms with Gasteiger partial charge in [-0.1, -0.05) is 25.0 Å². The minimum absolute atomic E-state index is 0.0418. The summed E-state index contributed by atoms with van der Waals surface area (Å²) in [7, 11) is 0. The molecule has 1 aromatic carbocycles. The zero-order valence-electron chi connectivity index (χ0n) is 23.9. The fourth-order valence-electron chi connectivity index (χ4n) is 6.17. The van der Waals surface area contributed by atoms with Crippen molar-refractivity contribution in [1.82, 2.24) is 35.1 Å². The number of aromatic amines is 1. The number of fused-ring (bicyclic) bond motifs is 1. The molecule has 0 aliphatic carbocycles. The normalized spacial score (nSPS) is 16.8. The van der Waals surface area contributed by atoms with Crippen LogP contribution in [0.3, 0.4) is 0 Å². The number of aryl methyl sites for hydroxylation is 2. The monoisotopic (exact) mass is 542 g/mol. The number of amides is 1. The molecule has 1 N–H and O–H groups in total. The number of likely N-dealkylation sites (tertiary alicyclic amines) is 1. The third-order valence-electron chi connectivity index (χ3n) is 8.14. The molecule has 1 amide bonds. The molecule has 0 spiro atoms. The van der Waals surface area contributed by atoms with Crippen molar-refractivity contribution < 1.29 is 9.53 Å². The summed E-state index contributed by atoms with van der Waals surface area (Å²) >= 11 is 0. The van der Waals surface area contributed by atoms with E-state index in [0.29, 0.717) is 31.0 Å². The van der Waals surface area contributed by atoms with E-state index in [4.69, 9.17) is 4.74 Å². The summed E-state index contributed by atoms with van der Waals surface area (Å²) in [5.74, 6) is 1.41. The van der Waals surface area contributed by atoms with Crippen LogP contribution in [-0.2, 0) is 16.1 Å². The molecule has 2 saturated heterocycles. The third-order valence-corrected chi connectivity index (χ3v) is 8.14. The maximum absolute atomic E-state index is 13.0. The number of pyridine rings is 1. The predicted octanol–water partition coefficient (Wildman–Crippen LogP) is 4.20. The second-order valence-corrected chi connectivity index (χ2v) is 11.4. The first kappa shape index (κ1) is 26.4. The molecule has 0 radical (unpaired) electrons. The van der Waals surface area contributed by atoms with Gasteiger partial charge in [0.25, 0.3) is 5.95 Å². The van der Waals surface area contributed by atoms with Crippen molar-refractivity contribution in [2.75, 3.05) is 44.3 Å². The third kappa shape index (κ3) is 5.32. The minimum atomic E-state index is 0.0418. The first-order valence-corrected chi connectivity index (χ1v) is 14.3. The summed E-state index contributed by atoms with van der Waals surface area (Å²) in [6.45, 7) is 13.0. The van der Waals surface area contributed by atoms with Crippen LogP contribution in [0.15, 0.2) is 30.3 Å². The van der Waals surface area contributed by atoms with Gasteiger partial charge in [0.1, 0.15) is 6.54 Å². The Labute approximate surface area is 234 Å². The van der Waals surface area contributed by atoms with Gasteiger partial charge in [0.15, 0.2) is 0 Å². The molecule has 40 heavy (non-hydrogen) atoms. The van der Waals surface area contributed by atoms with Gasteiger partial charge in [-0.2, -0.15) is 4.80 Å². The van der Waals surface area contributed by atoms with Gasteiger partial charge in [-0.25, -0.2) is 0 Å². The maximum Gasteiger partial charge on any atom is 0.266 e. The number of morpholine rings is 1. The van der Waals surface area contributed by atoms with Gasteiger partial charge in [0, 0.05) is 54.0 Å². The standard InChI is InChI=1S/C30H38N8O2/c1-19(2)28-25-17-23(5-6-26(25)32-29(28)24-15-20(3)31-21(4)16-24)22-7-9-36(10-8-22)27(39)18-38-34-30(33-35-38)37-11-13-40-14-12-37/h5-6,15-17,19,22,32H,7-14,18H2,1-4H3. The van der Waals surface area contributed by atoms with E-state index in [9.17, 15) is 4.79 Å². The molecule has 5 heterocycles. The molecule has 2 aliphatic rings. The molecule has 2 aliphatic heterocycles. The van der Waals surface area contributed by atoms with Crippen molar-refractivity contribution >= 4 is 22.8 Å². The van der Waals surface area contributed by atoms with Gasteiger partial charge in [-0.3, -0.25) is 9.78 Å². The smallest absolute Gasteiger partial charge is 0.266 e. The van der Waals surface area contributed by atoms with Crippen LogP contribution >= 0.6 is 0 Å². The number of carbonyl (C=O) groups is 1. The van der Waals surface area contributed by atoms with E-state index in [-0.39, 0.29) is 12.5 Å². The first-order chi connectivity index (χ1) is 19.4. The van der Waals surface area contributed by atoms with Crippen molar-refractivity contribution in [2.45, 2.75) is 58.9 Å². The number of hydrogen-bond acceptors (Lipinski definition) is 7. The van der Waals surface area contributed by atoms with Crippen LogP contribution in [0.1, 0.15) is 61.0 Å².